The zero-order chi connectivity index (χ0) is 17.0. The molecule has 6 nitrogen and oxygen atoms in total. The number of aromatic nitrogens is 3. The molecular formula is C18H24N4O2. The maximum absolute atomic E-state index is 11.6. The van der Waals surface area contributed by atoms with Crippen LogP contribution in [0.15, 0.2) is 30.5 Å². The van der Waals surface area contributed by atoms with Crippen molar-refractivity contribution in [1.82, 2.24) is 14.8 Å². The van der Waals surface area contributed by atoms with E-state index in [1.54, 1.807) is 11.6 Å². The molecule has 1 aliphatic rings. The first-order chi connectivity index (χ1) is 11.7. The number of aryl methyl sites for hydroxylation is 1. The maximum atomic E-state index is 11.6. The predicted molar refractivity (Wildman–Crippen MR) is 91.4 cm³/mol. The average molecular weight is 328 g/mol. The molecule has 0 spiro atoms. The van der Waals surface area contributed by atoms with E-state index in [9.17, 15) is 4.79 Å². The number of nitrogen functional groups attached to an aromatic ring is 1. The van der Waals surface area contributed by atoms with Gasteiger partial charge in [-0.1, -0.05) is 18.9 Å². The van der Waals surface area contributed by atoms with Crippen LogP contribution in [-0.4, -0.2) is 27.3 Å². The van der Waals surface area contributed by atoms with Crippen molar-refractivity contribution < 1.29 is 9.53 Å². The van der Waals surface area contributed by atoms with Crippen LogP contribution >= 0.6 is 0 Å². The number of hydrogen-bond donors (Lipinski definition) is 1. The molecule has 1 fully saturated rings. The minimum Gasteiger partial charge on any atom is -0.466 e. The lowest BCUT2D eigenvalue weighted by atomic mass is 9.79. The molecule has 0 bridgehead atoms. The van der Waals surface area contributed by atoms with Gasteiger partial charge in [-0.2, -0.15) is 5.10 Å². The Morgan fingerprint density at radius 2 is 2.12 bits per heavy atom. The lowest BCUT2D eigenvalue weighted by molar-refractivity contribution is -0.143. The Kier molecular flexibility index (Phi) is 4.83. The van der Waals surface area contributed by atoms with Crippen LogP contribution in [0.25, 0.3) is 0 Å². The molecule has 128 valence electrons. The Morgan fingerprint density at radius 3 is 2.79 bits per heavy atom. The van der Waals surface area contributed by atoms with Crippen molar-refractivity contribution in [3.8, 4) is 0 Å². The van der Waals surface area contributed by atoms with Crippen LogP contribution in [0, 0.1) is 0 Å². The first-order valence-corrected chi connectivity index (χ1v) is 8.56. The summed E-state index contributed by atoms with van der Waals surface area (Å²) in [6.45, 7) is 2.62. The third-order valence-electron chi connectivity index (χ3n) is 4.75. The molecule has 0 atom stereocenters. The largest absolute Gasteiger partial charge is 0.466 e. The van der Waals surface area contributed by atoms with E-state index in [1.165, 1.54) is 0 Å². The molecule has 0 amide bonds. The highest BCUT2D eigenvalue weighted by Gasteiger charge is 2.41. The second-order valence-corrected chi connectivity index (χ2v) is 6.24. The summed E-state index contributed by atoms with van der Waals surface area (Å²) in [4.78, 5) is 16.1. The number of hydrogen-bond acceptors (Lipinski definition) is 5. The molecule has 2 N–H and O–H groups in total. The molecule has 0 aliphatic heterocycles. The maximum Gasteiger partial charge on any atom is 0.307 e. The summed E-state index contributed by atoms with van der Waals surface area (Å²) in [5, 5.41) is 4.72. The number of rotatable bonds is 6. The molecular weight excluding hydrogens is 304 g/mol. The van der Waals surface area contributed by atoms with Gasteiger partial charge in [0.25, 0.3) is 0 Å². The van der Waals surface area contributed by atoms with Gasteiger partial charge in [-0.15, -0.1) is 0 Å². The molecule has 2 aromatic heterocycles. The standard InChI is InChI=1S/C18H24N4O2/c1-2-24-17(23)8-12-22-16(19)13-15(21-22)18(9-4-5-10-18)14-7-3-6-11-20-14/h3,6-7,11,13H,2,4-5,8-10,12,19H2,1H3. The van der Waals surface area contributed by atoms with Gasteiger partial charge in [0.15, 0.2) is 0 Å². The van der Waals surface area contributed by atoms with Crippen LogP contribution < -0.4 is 5.73 Å². The van der Waals surface area contributed by atoms with Crippen LogP contribution in [0.5, 0.6) is 0 Å². The van der Waals surface area contributed by atoms with Crippen LogP contribution in [0.4, 0.5) is 5.82 Å². The first-order valence-electron chi connectivity index (χ1n) is 8.56. The van der Waals surface area contributed by atoms with Crippen molar-refractivity contribution >= 4 is 11.8 Å². The topological polar surface area (TPSA) is 83.0 Å². The quantitative estimate of drug-likeness (QED) is 0.824. The van der Waals surface area contributed by atoms with Crippen LogP contribution in [0.1, 0.15) is 50.4 Å². The van der Waals surface area contributed by atoms with Gasteiger partial charge in [-0.25, -0.2) is 4.68 Å². The van der Waals surface area contributed by atoms with E-state index in [2.05, 4.69) is 11.1 Å². The van der Waals surface area contributed by atoms with Gasteiger partial charge in [0, 0.05) is 12.3 Å². The Morgan fingerprint density at radius 1 is 1.33 bits per heavy atom. The number of esters is 1. The van der Waals surface area contributed by atoms with E-state index < -0.39 is 0 Å². The molecule has 1 aliphatic carbocycles. The third kappa shape index (κ3) is 3.13. The van der Waals surface area contributed by atoms with Crippen molar-refractivity contribution in [2.75, 3.05) is 12.3 Å². The minimum atomic E-state index is -0.228. The van der Waals surface area contributed by atoms with Crippen LogP contribution in [-0.2, 0) is 21.5 Å². The van der Waals surface area contributed by atoms with E-state index >= 15 is 0 Å². The lowest BCUT2D eigenvalue weighted by Gasteiger charge is -2.26. The minimum absolute atomic E-state index is 0.162. The number of nitrogens with zero attached hydrogens (tertiary/aromatic N) is 3. The molecule has 0 radical (unpaired) electrons. The zero-order valence-corrected chi connectivity index (χ0v) is 14.1. The summed E-state index contributed by atoms with van der Waals surface area (Å²) in [7, 11) is 0. The number of nitrogens with two attached hydrogens (primary N) is 1. The van der Waals surface area contributed by atoms with Crippen molar-refractivity contribution in [3.05, 3.63) is 41.9 Å². The molecule has 2 aromatic rings. The SMILES string of the molecule is CCOC(=O)CCn1nc(C2(c3ccccn3)CCCC2)cc1N. The number of pyridine rings is 1. The van der Waals surface area contributed by atoms with Gasteiger partial charge in [-0.05, 0) is 31.9 Å². The highest BCUT2D eigenvalue weighted by atomic mass is 16.5. The summed E-state index contributed by atoms with van der Waals surface area (Å²) in [6.07, 6.45) is 6.47. The van der Waals surface area contributed by atoms with E-state index in [0.717, 1.165) is 37.1 Å². The Balaban J connectivity index is 1.85. The normalized spacial score (nSPS) is 16.2. The Bertz CT molecular complexity index is 690. The van der Waals surface area contributed by atoms with Crippen molar-refractivity contribution in [3.63, 3.8) is 0 Å². The molecule has 0 unspecified atom stereocenters. The van der Waals surface area contributed by atoms with Crippen LogP contribution in [0.2, 0.25) is 0 Å². The third-order valence-corrected chi connectivity index (χ3v) is 4.75. The van der Waals surface area contributed by atoms with Crippen molar-refractivity contribution in [1.29, 1.82) is 0 Å². The van der Waals surface area contributed by atoms with E-state index in [0.29, 0.717) is 19.0 Å². The number of carbonyl (C=O) groups is 1. The average Bonchev–Trinajstić information content (AvgIpc) is 3.22. The molecule has 2 heterocycles. The zero-order valence-electron chi connectivity index (χ0n) is 14.1. The van der Waals surface area contributed by atoms with E-state index in [-0.39, 0.29) is 17.8 Å². The molecule has 24 heavy (non-hydrogen) atoms. The van der Waals surface area contributed by atoms with Gasteiger partial charge in [0.2, 0.25) is 0 Å². The molecule has 0 saturated heterocycles. The monoisotopic (exact) mass is 328 g/mol. The molecule has 1 saturated carbocycles. The first kappa shape index (κ1) is 16.5. The number of carbonyl (C=O) groups excluding carboxylic acids is 1. The summed E-state index contributed by atoms with van der Waals surface area (Å²) in [6, 6.07) is 7.95. The van der Waals surface area contributed by atoms with Gasteiger partial charge in [-0.3, -0.25) is 9.78 Å². The number of anilines is 1. The highest BCUT2D eigenvalue weighted by Crippen LogP contribution is 2.45. The predicted octanol–water partition coefficient (Wildman–Crippen LogP) is 2.67. The highest BCUT2D eigenvalue weighted by molar-refractivity contribution is 5.69. The molecule has 3 rings (SSSR count). The summed E-state index contributed by atoms with van der Waals surface area (Å²) >= 11 is 0. The fourth-order valence-corrected chi connectivity index (χ4v) is 3.54. The van der Waals surface area contributed by atoms with E-state index in [4.69, 9.17) is 15.6 Å². The van der Waals surface area contributed by atoms with Crippen molar-refractivity contribution in [2.45, 2.75) is 51.0 Å². The number of ether oxygens (including phenoxy) is 1. The Labute approximate surface area is 142 Å². The second-order valence-electron chi connectivity index (χ2n) is 6.24. The van der Waals surface area contributed by atoms with Gasteiger partial charge in [0.1, 0.15) is 5.82 Å². The molecule has 0 aromatic carbocycles. The summed E-state index contributed by atoms with van der Waals surface area (Å²) in [5.41, 5.74) is 7.98. The van der Waals surface area contributed by atoms with Crippen molar-refractivity contribution in [2.24, 2.45) is 0 Å². The van der Waals surface area contributed by atoms with Gasteiger partial charge in [0.05, 0.1) is 36.4 Å². The van der Waals surface area contributed by atoms with E-state index in [1.807, 2.05) is 24.4 Å². The molecule has 6 heteroatoms. The Hall–Kier alpha value is -2.37. The van der Waals surface area contributed by atoms with Gasteiger partial charge < -0.3 is 10.5 Å². The second kappa shape index (κ2) is 7.03. The lowest BCUT2D eigenvalue weighted by Crippen LogP contribution is -2.26. The van der Waals surface area contributed by atoms with Crippen LogP contribution in [0.3, 0.4) is 0 Å². The fourth-order valence-electron chi connectivity index (χ4n) is 3.54. The van der Waals surface area contributed by atoms with Gasteiger partial charge >= 0.3 is 5.97 Å². The summed E-state index contributed by atoms with van der Waals surface area (Å²) < 4.78 is 6.67. The smallest absolute Gasteiger partial charge is 0.307 e. The summed E-state index contributed by atoms with van der Waals surface area (Å²) in [5.74, 6) is 0.353. The fraction of sp³-hybridized carbons (Fsp3) is 0.500.